The molecule has 5 heteroatoms. The van der Waals surface area contributed by atoms with E-state index in [-0.39, 0.29) is 5.92 Å². The minimum absolute atomic E-state index is 0.248. The van der Waals surface area contributed by atoms with Crippen molar-refractivity contribution in [2.75, 3.05) is 6.54 Å². The summed E-state index contributed by atoms with van der Waals surface area (Å²) in [6.45, 7) is 0.299. The molecule has 0 aliphatic rings. The normalized spacial score (nSPS) is 14.1. The summed E-state index contributed by atoms with van der Waals surface area (Å²) in [5, 5.41) is 12.1. The van der Waals surface area contributed by atoms with E-state index < -0.39 is 6.10 Å². The topological polar surface area (TPSA) is 46.2 Å². The molecule has 20 heavy (non-hydrogen) atoms. The molecule has 2 nitrogen and oxygen atoms in total. The van der Waals surface area contributed by atoms with Crippen molar-refractivity contribution < 1.29 is 5.11 Å². The average Bonchev–Trinajstić information content (AvgIpc) is 2.40. The fourth-order valence-corrected chi connectivity index (χ4v) is 2.80. The Bertz CT molecular complexity index is 566. The maximum Gasteiger partial charge on any atom is 0.0871 e. The smallest absolute Gasteiger partial charge is 0.0871 e. The number of nitrogens with two attached hydrogens (primary N) is 1. The van der Waals surface area contributed by atoms with Crippen LogP contribution >= 0.6 is 34.8 Å². The maximum atomic E-state index is 10.5. The lowest BCUT2D eigenvalue weighted by molar-refractivity contribution is 0.147. The molecule has 3 N–H and O–H groups in total. The van der Waals surface area contributed by atoms with Gasteiger partial charge in [-0.05, 0) is 41.5 Å². The zero-order chi connectivity index (χ0) is 14.7. The lowest BCUT2D eigenvalue weighted by Gasteiger charge is -2.22. The third kappa shape index (κ3) is 3.66. The van der Waals surface area contributed by atoms with Gasteiger partial charge in [-0.2, -0.15) is 0 Å². The standard InChI is InChI=1S/C15H14Cl3NO/c16-11-3-1-9(2-4-11)14(8-19)15(20)10-5-12(17)7-13(18)6-10/h1-7,14-15,20H,8,19H2. The molecule has 2 unspecified atom stereocenters. The highest BCUT2D eigenvalue weighted by Crippen LogP contribution is 2.33. The Morgan fingerprint density at radius 2 is 1.40 bits per heavy atom. The highest BCUT2D eigenvalue weighted by Gasteiger charge is 2.22. The molecule has 106 valence electrons. The molecule has 2 atom stereocenters. The maximum absolute atomic E-state index is 10.5. The molecule has 0 saturated heterocycles. The molecule has 0 aromatic heterocycles. The number of aliphatic hydroxyl groups is 1. The lowest BCUT2D eigenvalue weighted by atomic mass is 9.89. The Morgan fingerprint density at radius 1 is 0.850 bits per heavy atom. The van der Waals surface area contributed by atoms with Gasteiger partial charge in [-0.3, -0.25) is 0 Å². The molecule has 2 aromatic carbocycles. The summed E-state index contributed by atoms with van der Waals surface area (Å²) in [7, 11) is 0. The van der Waals surface area contributed by atoms with Crippen LogP contribution in [0.25, 0.3) is 0 Å². The van der Waals surface area contributed by atoms with Crippen molar-refractivity contribution in [3.8, 4) is 0 Å². The first-order valence-electron chi connectivity index (χ1n) is 6.11. The highest BCUT2D eigenvalue weighted by atomic mass is 35.5. The second-order valence-corrected chi connectivity index (χ2v) is 5.85. The fraction of sp³-hybridized carbons (Fsp3) is 0.200. The third-order valence-corrected chi connectivity index (χ3v) is 3.85. The Kier molecular flexibility index (Phi) is 5.30. The van der Waals surface area contributed by atoms with E-state index in [0.29, 0.717) is 27.2 Å². The van der Waals surface area contributed by atoms with Crippen LogP contribution in [0.5, 0.6) is 0 Å². The summed E-state index contributed by atoms with van der Waals surface area (Å²) >= 11 is 17.8. The number of hydrogen-bond acceptors (Lipinski definition) is 2. The van der Waals surface area contributed by atoms with Gasteiger partial charge in [0.1, 0.15) is 0 Å². The predicted molar refractivity (Wildman–Crippen MR) is 84.7 cm³/mol. The van der Waals surface area contributed by atoms with Gasteiger partial charge < -0.3 is 10.8 Å². The molecule has 0 aliphatic heterocycles. The van der Waals surface area contributed by atoms with Gasteiger partial charge in [0.2, 0.25) is 0 Å². The second kappa shape index (κ2) is 6.79. The van der Waals surface area contributed by atoms with Crippen molar-refractivity contribution in [3.63, 3.8) is 0 Å². The number of halogens is 3. The van der Waals surface area contributed by atoms with Gasteiger partial charge in [0.05, 0.1) is 6.10 Å². The van der Waals surface area contributed by atoms with Crippen molar-refractivity contribution in [2.45, 2.75) is 12.0 Å². The van der Waals surface area contributed by atoms with Gasteiger partial charge in [0.25, 0.3) is 0 Å². The third-order valence-electron chi connectivity index (χ3n) is 3.16. The molecule has 0 radical (unpaired) electrons. The summed E-state index contributed by atoms with van der Waals surface area (Å²) in [5.74, 6) is -0.248. The van der Waals surface area contributed by atoms with Crippen LogP contribution in [0.2, 0.25) is 15.1 Å². The minimum atomic E-state index is -0.780. The van der Waals surface area contributed by atoms with E-state index in [1.165, 1.54) is 0 Å². The fourth-order valence-electron chi connectivity index (χ4n) is 2.14. The van der Waals surface area contributed by atoms with E-state index in [1.54, 1.807) is 30.3 Å². The molecule has 0 amide bonds. The van der Waals surface area contributed by atoms with E-state index in [4.69, 9.17) is 40.5 Å². The van der Waals surface area contributed by atoms with Crippen LogP contribution in [0.3, 0.4) is 0 Å². The average molecular weight is 331 g/mol. The van der Waals surface area contributed by atoms with Crippen LogP contribution < -0.4 is 5.73 Å². The predicted octanol–water partition coefficient (Wildman–Crippen LogP) is 4.42. The van der Waals surface area contributed by atoms with Crippen LogP contribution in [-0.2, 0) is 0 Å². The molecular formula is C15H14Cl3NO. The Hall–Kier alpha value is -0.770. The number of hydrogen-bond donors (Lipinski definition) is 2. The van der Waals surface area contributed by atoms with E-state index in [9.17, 15) is 5.11 Å². The van der Waals surface area contributed by atoms with E-state index in [0.717, 1.165) is 5.56 Å². The van der Waals surface area contributed by atoms with Crippen molar-refractivity contribution >= 4 is 34.8 Å². The molecule has 0 saturated carbocycles. The molecule has 0 bridgehead atoms. The van der Waals surface area contributed by atoms with Crippen molar-refractivity contribution in [2.24, 2.45) is 5.73 Å². The van der Waals surface area contributed by atoms with Crippen LogP contribution in [0.15, 0.2) is 42.5 Å². The molecule has 0 heterocycles. The first-order chi connectivity index (χ1) is 9.51. The van der Waals surface area contributed by atoms with Crippen molar-refractivity contribution in [1.82, 2.24) is 0 Å². The Morgan fingerprint density at radius 3 is 1.90 bits per heavy atom. The van der Waals surface area contributed by atoms with Crippen LogP contribution in [0.4, 0.5) is 0 Å². The van der Waals surface area contributed by atoms with Gasteiger partial charge >= 0.3 is 0 Å². The van der Waals surface area contributed by atoms with Gasteiger partial charge in [-0.25, -0.2) is 0 Å². The number of aliphatic hydroxyl groups excluding tert-OH is 1. The first kappa shape index (κ1) is 15.6. The Balaban J connectivity index is 2.33. The van der Waals surface area contributed by atoms with Crippen molar-refractivity contribution in [3.05, 3.63) is 68.7 Å². The largest absolute Gasteiger partial charge is 0.388 e. The SMILES string of the molecule is NCC(c1ccc(Cl)cc1)C(O)c1cc(Cl)cc(Cl)c1. The summed E-state index contributed by atoms with van der Waals surface area (Å²) in [5.41, 5.74) is 7.36. The molecule has 2 rings (SSSR count). The van der Waals surface area contributed by atoms with Crippen LogP contribution in [-0.4, -0.2) is 11.7 Å². The zero-order valence-electron chi connectivity index (χ0n) is 10.6. The molecular weight excluding hydrogens is 317 g/mol. The minimum Gasteiger partial charge on any atom is -0.388 e. The molecule has 0 aliphatic carbocycles. The summed E-state index contributed by atoms with van der Waals surface area (Å²) < 4.78 is 0. The van der Waals surface area contributed by atoms with E-state index in [2.05, 4.69) is 0 Å². The summed E-state index contributed by atoms with van der Waals surface area (Å²) in [6, 6.07) is 12.3. The summed E-state index contributed by atoms with van der Waals surface area (Å²) in [4.78, 5) is 0. The summed E-state index contributed by atoms with van der Waals surface area (Å²) in [6.07, 6.45) is -0.780. The first-order valence-corrected chi connectivity index (χ1v) is 7.24. The van der Waals surface area contributed by atoms with E-state index in [1.807, 2.05) is 12.1 Å². The van der Waals surface area contributed by atoms with Crippen LogP contribution in [0, 0.1) is 0 Å². The highest BCUT2D eigenvalue weighted by molar-refractivity contribution is 6.34. The second-order valence-electron chi connectivity index (χ2n) is 4.54. The van der Waals surface area contributed by atoms with Gasteiger partial charge in [-0.1, -0.05) is 46.9 Å². The van der Waals surface area contributed by atoms with Gasteiger partial charge in [0, 0.05) is 27.5 Å². The van der Waals surface area contributed by atoms with E-state index >= 15 is 0 Å². The molecule has 2 aromatic rings. The lowest BCUT2D eigenvalue weighted by Crippen LogP contribution is -2.20. The quantitative estimate of drug-likeness (QED) is 0.871. The monoisotopic (exact) mass is 329 g/mol. The van der Waals surface area contributed by atoms with Gasteiger partial charge in [-0.15, -0.1) is 0 Å². The number of benzene rings is 2. The molecule has 0 spiro atoms. The van der Waals surface area contributed by atoms with Crippen LogP contribution in [0.1, 0.15) is 23.1 Å². The van der Waals surface area contributed by atoms with Crippen molar-refractivity contribution in [1.29, 1.82) is 0 Å². The number of rotatable bonds is 4. The zero-order valence-corrected chi connectivity index (χ0v) is 12.8. The van der Waals surface area contributed by atoms with Gasteiger partial charge in [0.15, 0.2) is 0 Å². The molecule has 0 fully saturated rings. The Labute approximate surface area is 133 Å².